The summed E-state index contributed by atoms with van der Waals surface area (Å²) in [4.78, 5) is 16.3. The zero-order valence-electron chi connectivity index (χ0n) is 11.1. The Balaban J connectivity index is 2.12. The highest BCUT2D eigenvalue weighted by molar-refractivity contribution is 5.83. The summed E-state index contributed by atoms with van der Waals surface area (Å²) >= 11 is 0. The number of carbonyl (C=O) groups excluding carboxylic acids is 1. The molecule has 4 heteroatoms. The van der Waals surface area contributed by atoms with E-state index in [9.17, 15) is 4.79 Å². The summed E-state index contributed by atoms with van der Waals surface area (Å²) in [5, 5.41) is 4.02. The van der Waals surface area contributed by atoms with Gasteiger partial charge in [0.05, 0.1) is 5.52 Å². The number of carbonyl (C=O) groups is 1. The maximum atomic E-state index is 11.9. The fourth-order valence-electron chi connectivity index (χ4n) is 2.10. The number of aromatic nitrogens is 1. The van der Waals surface area contributed by atoms with E-state index in [1.54, 1.807) is 6.20 Å². The highest BCUT2D eigenvalue weighted by atomic mass is 16.1. The van der Waals surface area contributed by atoms with Crippen molar-refractivity contribution in [3.05, 3.63) is 42.1 Å². The molecule has 4 nitrogen and oxygen atoms in total. The molecule has 0 saturated carbocycles. The van der Waals surface area contributed by atoms with Gasteiger partial charge in [0.25, 0.3) is 0 Å². The maximum Gasteiger partial charge on any atom is 0.224 e. The molecule has 0 fully saturated rings. The third-order valence-corrected chi connectivity index (χ3v) is 3.32. The molecule has 0 radical (unpaired) electrons. The number of rotatable bonds is 5. The predicted molar refractivity (Wildman–Crippen MR) is 76.4 cm³/mol. The number of nitrogens with zero attached hydrogens (tertiary/aromatic N) is 1. The normalized spacial score (nSPS) is 12.3. The minimum atomic E-state index is -0.108. The molecule has 2 aromatic rings. The van der Waals surface area contributed by atoms with Crippen molar-refractivity contribution in [3.8, 4) is 0 Å². The van der Waals surface area contributed by atoms with E-state index in [0.29, 0.717) is 13.1 Å². The van der Waals surface area contributed by atoms with E-state index < -0.39 is 0 Å². The molecule has 0 saturated heterocycles. The molecule has 3 N–H and O–H groups in total. The van der Waals surface area contributed by atoms with E-state index in [4.69, 9.17) is 5.73 Å². The topological polar surface area (TPSA) is 68.0 Å². The average Bonchev–Trinajstić information content (AvgIpc) is 2.46. The molecule has 19 heavy (non-hydrogen) atoms. The van der Waals surface area contributed by atoms with Gasteiger partial charge in [0.1, 0.15) is 0 Å². The summed E-state index contributed by atoms with van der Waals surface area (Å²) in [6.45, 7) is 2.84. The molecule has 100 valence electrons. The third kappa shape index (κ3) is 3.09. The van der Waals surface area contributed by atoms with Crippen molar-refractivity contribution in [1.29, 1.82) is 0 Å². The van der Waals surface area contributed by atoms with Gasteiger partial charge < -0.3 is 11.1 Å². The first kappa shape index (κ1) is 13.5. The molecule has 1 aromatic heterocycles. The molecular weight excluding hydrogens is 238 g/mol. The minimum absolute atomic E-state index is 0.0120. The molecule has 2 rings (SSSR count). The van der Waals surface area contributed by atoms with E-state index in [-0.39, 0.29) is 11.8 Å². The van der Waals surface area contributed by atoms with Gasteiger partial charge in [0.15, 0.2) is 0 Å². The Kier molecular flexibility index (Phi) is 4.47. The molecule has 0 aliphatic carbocycles. The Morgan fingerprint density at radius 2 is 2.16 bits per heavy atom. The summed E-state index contributed by atoms with van der Waals surface area (Å²) in [6.07, 6.45) is 2.53. The van der Waals surface area contributed by atoms with Gasteiger partial charge >= 0.3 is 0 Å². The van der Waals surface area contributed by atoms with Crippen molar-refractivity contribution in [1.82, 2.24) is 10.3 Å². The Hall–Kier alpha value is -1.94. The summed E-state index contributed by atoms with van der Waals surface area (Å²) in [6, 6.07) is 9.90. The van der Waals surface area contributed by atoms with Gasteiger partial charge in [-0.2, -0.15) is 0 Å². The van der Waals surface area contributed by atoms with E-state index in [1.165, 1.54) is 0 Å². The summed E-state index contributed by atoms with van der Waals surface area (Å²) in [7, 11) is 0. The zero-order chi connectivity index (χ0) is 13.7. The molecule has 0 spiro atoms. The van der Waals surface area contributed by atoms with Crippen LogP contribution in [0.15, 0.2) is 36.5 Å². The number of nitrogens with two attached hydrogens (primary N) is 1. The van der Waals surface area contributed by atoms with Gasteiger partial charge in [0.2, 0.25) is 5.91 Å². The van der Waals surface area contributed by atoms with Gasteiger partial charge in [0, 0.05) is 30.6 Å². The number of benzene rings is 1. The van der Waals surface area contributed by atoms with Gasteiger partial charge in [-0.25, -0.2) is 0 Å². The van der Waals surface area contributed by atoms with Crippen LogP contribution in [0.3, 0.4) is 0 Å². The quantitative estimate of drug-likeness (QED) is 0.858. The first-order chi connectivity index (χ1) is 9.26. The summed E-state index contributed by atoms with van der Waals surface area (Å²) in [5.74, 6) is -0.0964. The van der Waals surface area contributed by atoms with Crippen LogP contribution >= 0.6 is 0 Å². The van der Waals surface area contributed by atoms with Crippen LogP contribution in [0.25, 0.3) is 10.9 Å². The Labute approximate surface area is 113 Å². The van der Waals surface area contributed by atoms with Crippen LogP contribution in [-0.2, 0) is 11.3 Å². The fraction of sp³-hybridized carbons (Fsp3) is 0.333. The average molecular weight is 257 g/mol. The smallest absolute Gasteiger partial charge is 0.224 e. The number of hydrogen-bond acceptors (Lipinski definition) is 3. The fourth-order valence-corrected chi connectivity index (χ4v) is 2.10. The van der Waals surface area contributed by atoms with E-state index >= 15 is 0 Å². The molecule has 0 aliphatic heterocycles. The van der Waals surface area contributed by atoms with Crippen LogP contribution in [0.1, 0.15) is 18.9 Å². The van der Waals surface area contributed by atoms with Gasteiger partial charge in [-0.15, -0.1) is 0 Å². The van der Waals surface area contributed by atoms with E-state index in [2.05, 4.69) is 10.3 Å². The standard InChI is InChI=1S/C15H19N3O/c1-2-11(9-16)15(19)18-10-13-6-3-5-12-7-4-8-17-14(12)13/h3-8,11H,2,9-10,16H2,1H3,(H,18,19). The molecule has 0 aliphatic rings. The van der Waals surface area contributed by atoms with Gasteiger partial charge in [-0.05, 0) is 18.1 Å². The third-order valence-electron chi connectivity index (χ3n) is 3.32. The zero-order valence-corrected chi connectivity index (χ0v) is 11.1. The highest BCUT2D eigenvalue weighted by Gasteiger charge is 2.14. The maximum absolute atomic E-state index is 11.9. The van der Waals surface area contributed by atoms with Crippen LogP contribution in [-0.4, -0.2) is 17.4 Å². The van der Waals surface area contributed by atoms with Crippen LogP contribution in [0, 0.1) is 5.92 Å². The van der Waals surface area contributed by atoms with Gasteiger partial charge in [-0.3, -0.25) is 9.78 Å². The van der Waals surface area contributed by atoms with Crippen molar-refractivity contribution in [2.45, 2.75) is 19.9 Å². The predicted octanol–water partition coefficient (Wildman–Crippen LogP) is 1.84. The SMILES string of the molecule is CCC(CN)C(=O)NCc1cccc2cccnc12. The second-order valence-electron chi connectivity index (χ2n) is 4.55. The van der Waals surface area contributed by atoms with Crippen molar-refractivity contribution >= 4 is 16.8 Å². The van der Waals surface area contributed by atoms with Gasteiger partial charge in [-0.1, -0.05) is 31.2 Å². The molecule has 0 bridgehead atoms. The molecule has 1 atom stereocenters. The molecule has 1 aromatic carbocycles. The number of para-hydroxylation sites is 1. The van der Waals surface area contributed by atoms with Crippen molar-refractivity contribution in [2.24, 2.45) is 11.7 Å². The Morgan fingerprint density at radius 3 is 2.89 bits per heavy atom. The summed E-state index contributed by atoms with van der Waals surface area (Å²) in [5.41, 5.74) is 7.53. The summed E-state index contributed by atoms with van der Waals surface area (Å²) < 4.78 is 0. The van der Waals surface area contributed by atoms with E-state index in [1.807, 2.05) is 37.3 Å². The lowest BCUT2D eigenvalue weighted by atomic mass is 10.1. The highest BCUT2D eigenvalue weighted by Crippen LogP contribution is 2.15. The lowest BCUT2D eigenvalue weighted by molar-refractivity contribution is -0.124. The van der Waals surface area contributed by atoms with Crippen molar-refractivity contribution in [3.63, 3.8) is 0 Å². The second-order valence-corrected chi connectivity index (χ2v) is 4.55. The molecular formula is C15H19N3O. The number of hydrogen-bond donors (Lipinski definition) is 2. The van der Waals surface area contributed by atoms with Crippen LogP contribution in [0.2, 0.25) is 0 Å². The lowest BCUT2D eigenvalue weighted by Gasteiger charge is -2.13. The first-order valence-electron chi connectivity index (χ1n) is 6.56. The Bertz CT molecular complexity index is 559. The molecule has 1 heterocycles. The number of amides is 1. The van der Waals surface area contributed by atoms with Crippen LogP contribution in [0.5, 0.6) is 0 Å². The number of fused-ring (bicyclic) bond motifs is 1. The first-order valence-corrected chi connectivity index (χ1v) is 6.56. The second kappa shape index (κ2) is 6.29. The van der Waals surface area contributed by atoms with Crippen LogP contribution < -0.4 is 11.1 Å². The van der Waals surface area contributed by atoms with Crippen molar-refractivity contribution in [2.75, 3.05) is 6.54 Å². The monoisotopic (exact) mass is 257 g/mol. The largest absolute Gasteiger partial charge is 0.352 e. The van der Waals surface area contributed by atoms with Crippen molar-refractivity contribution < 1.29 is 4.79 Å². The molecule has 1 amide bonds. The Morgan fingerprint density at radius 1 is 1.37 bits per heavy atom. The van der Waals surface area contributed by atoms with E-state index in [0.717, 1.165) is 22.9 Å². The number of nitrogens with one attached hydrogen (secondary N) is 1. The van der Waals surface area contributed by atoms with Crippen LogP contribution in [0.4, 0.5) is 0 Å². The minimum Gasteiger partial charge on any atom is -0.352 e. The number of pyridine rings is 1. The lowest BCUT2D eigenvalue weighted by Crippen LogP contribution is -2.34. The molecule has 1 unspecified atom stereocenters.